The highest BCUT2D eigenvalue weighted by atomic mass is 16.6. The monoisotopic (exact) mass is 439 g/mol. The summed E-state index contributed by atoms with van der Waals surface area (Å²) >= 11 is 0. The highest BCUT2D eigenvalue weighted by molar-refractivity contribution is 5.99. The first kappa shape index (κ1) is 21.9. The Balaban J connectivity index is 1.79. The average molecular weight is 439 g/mol. The molecule has 0 saturated carbocycles. The number of nitro groups is 1. The van der Waals surface area contributed by atoms with E-state index >= 15 is 0 Å². The van der Waals surface area contributed by atoms with E-state index in [-0.39, 0.29) is 45.7 Å². The summed E-state index contributed by atoms with van der Waals surface area (Å²) in [7, 11) is 1.39. The molecule has 0 radical (unpaired) electrons. The number of nitro benzene ring substituents is 1. The maximum Gasteiger partial charge on any atom is 0.344 e. The molecule has 0 saturated heterocycles. The van der Waals surface area contributed by atoms with Gasteiger partial charge in [-0.1, -0.05) is 6.07 Å². The van der Waals surface area contributed by atoms with Crippen LogP contribution in [0.15, 0.2) is 51.2 Å². The molecule has 0 aliphatic rings. The lowest BCUT2D eigenvalue weighted by Crippen LogP contribution is -2.15. The standard InChI is InChI=1S/C19H17N7O6/c1-10-12(4-3-5-13(10)26(28)29)19(27)31-14-7-6-11(8-15(14)30-2)9-22-23-17(20)16-18(21)25-32-24-16/h3-9H,1-2H3,(H2,20,23)(H2,21,25). The molecule has 32 heavy (non-hydrogen) atoms. The van der Waals surface area contributed by atoms with Crippen molar-refractivity contribution < 1.29 is 23.8 Å². The first-order chi connectivity index (χ1) is 15.3. The lowest BCUT2D eigenvalue weighted by atomic mass is 10.1. The second-order valence-electron chi connectivity index (χ2n) is 6.23. The number of aromatic nitrogens is 2. The smallest absolute Gasteiger partial charge is 0.344 e. The first-order valence-electron chi connectivity index (χ1n) is 8.91. The van der Waals surface area contributed by atoms with E-state index in [4.69, 9.17) is 20.9 Å². The summed E-state index contributed by atoms with van der Waals surface area (Å²) in [5.41, 5.74) is 11.9. The molecular formula is C19H17N7O6. The van der Waals surface area contributed by atoms with Gasteiger partial charge in [0.25, 0.3) is 5.69 Å². The SMILES string of the molecule is COc1cc(C=N/N=C(\N)c2nonc2N)ccc1OC(=O)c1cccc([N+](=O)[O-])c1C. The van der Waals surface area contributed by atoms with Crippen molar-refractivity contribution in [1.82, 2.24) is 10.3 Å². The summed E-state index contributed by atoms with van der Waals surface area (Å²) in [6.45, 7) is 1.47. The molecule has 13 nitrogen and oxygen atoms in total. The van der Waals surface area contributed by atoms with Gasteiger partial charge in [0, 0.05) is 11.6 Å². The number of rotatable bonds is 7. The molecule has 0 aliphatic heterocycles. The van der Waals surface area contributed by atoms with Crippen LogP contribution in [0.5, 0.6) is 11.5 Å². The molecule has 3 rings (SSSR count). The number of carbonyl (C=O) groups is 1. The van der Waals surface area contributed by atoms with Crippen LogP contribution < -0.4 is 20.9 Å². The van der Waals surface area contributed by atoms with Gasteiger partial charge in [-0.2, -0.15) is 5.10 Å². The number of nitrogens with zero attached hydrogens (tertiary/aromatic N) is 5. The van der Waals surface area contributed by atoms with Crippen molar-refractivity contribution in [3.63, 3.8) is 0 Å². The zero-order valence-corrected chi connectivity index (χ0v) is 16.9. The van der Waals surface area contributed by atoms with Crippen molar-refractivity contribution in [3.8, 4) is 11.5 Å². The van der Waals surface area contributed by atoms with Crippen LogP contribution in [0.4, 0.5) is 11.5 Å². The van der Waals surface area contributed by atoms with Crippen LogP contribution in [0, 0.1) is 17.0 Å². The van der Waals surface area contributed by atoms with E-state index < -0.39 is 10.9 Å². The molecule has 3 aromatic rings. The van der Waals surface area contributed by atoms with Crippen molar-refractivity contribution in [2.45, 2.75) is 6.92 Å². The quantitative estimate of drug-likeness (QED) is 0.137. The number of hydrogen-bond acceptors (Lipinski definition) is 11. The topological polar surface area (TPSA) is 194 Å². The van der Waals surface area contributed by atoms with Crippen molar-refractivity contribution in [3.05, 3.63) is 68.9 Å². The average Bonchev–Trinajstić information content (AvgIpc) is 3.20. The molecule has 0 fully saturated rings. The zero-order chi connectivity index (χ0) is 23.3. The highest BCUT2D eigenvalue weighted by Crippen LogP contribution is 2.29. The Hall–Kier alpha value is -4.81. The number of benzene rings is 2. The van der Waals surface area contributed by atoms with Gasteiger partial charge in [-0.25, -0.2) is 9.42 Å². The molecule has 0 spiro atoms. The maximum absolute atomic E-state index is 12.6. The van der Waals surface area contributed by atoms with E-state index in [9.17, 15) is 14.9 Å². The van der Waals surface area contributed by atoms with Crippen molar-refractivity contribution in [2.24, 2.45) is 15.9 Å². The summed E-state index contributed by atoms with van der Waals surface area (Å²) < 4.78 is 15.1. The molecule has 0 bridgehead atoms. The Bertz CT molecular complexity index is 1230. The molecular weight excluding hydrogens is 422 g/mol. The molecule has 0 unspecified atom stereocenters. The maximum atomic E-state index is 12.6. The van der Waals surface area contributed by atoms with Gasteiger partial charge >= 0.3 is 5.97 Å². The Morgan fingerprint density at radius 3 is 2.69 bits per heavy atom. The predicted molar refractivity (Wildman–Crippen MR) is 113 cm³/mol. The van der Waals surface area contributed by atoms with Gasteiger partial charge < -0.3 is 20.9 Å². The zero-order valence-electron chi connectivity index (χ0n) is 16.9. The second kappa shape index (κ2) is 9.34. The highest BCUT2D eigenvalue weighted by Gasteiger charge is 2.20. The lowest BCUT2D eigenvalue weighted by molar-refractivity contribution is -0.385. The first-order valence-corrected chi connectivity index (χ1v) is 8.91. The van der Waals surface area contributed by atoms with Gasteiger partial charge in [0.1, 0.15) is 0 Å². The Morgan fingerprint density at radius 2 is 2.03 bits per heavy atom. The van der Waals surface area contributed by atoms with Crippen molar-refractivity contribution in [1.29, 1.82) is 0 Å². The number of carbonyl (C=O) groups excluding carboxylic acids is 1. The minimum atomic E-state index is -0.762. The van der Waals surface area contributed by atoms with Gasteiger partial charge in [-0.15, -0.1) is 5.10 Å². The van der Waals surface area contributed by atoms with Crippen LogP contribution in [0.2, 0.25) is 0 Å². The van der Waals surface area contributed by atoms with Gasteiger partial charge in [0.2, 0.25) is 0 Å². The Kier molecular flexibility index (Phi) is 6.39. The van der Waals surface area contributed by atoms with Crippen molar-refractivity contribution in [2.75, 3.05) is 12.8 Å². The van der Waals surface area contributed by atoms with Gasteiger partial charge in [0.05, 0.1) is 23.8 Å². The van der Waals surface area contributed by atoms with Crippen molar-refractivity contribution >= 4 is 29.5 Å². The summed E-state index contributed by atoms with van der Waals surface area (Å²) in [6, 6.07) is 8.78. The number of hydrogen-bond donors (Lipinski definition) is 2. The third-order valence-corrected chi connectivity index (χ3v) is 4.24. The van der Waals surface area contributed by atoms with E-state index in [0.29, 0.717) is 5.56 Å². The largest absolute Gasteiger partial charge is 0.493 e. The minimum absolute atomic E-state index is 0.0201. The molecule has 164 valence electrons. The van der Waals surface area contributed by atoms with Crippen LogP contribution in [0.1, 0.15) is 27.2 Å². The van der Waals surface area contributed by atoms with Gasteiger partial charge in [-0.05, 0) is 47.1 Å². The molecule has 1 heterocycles. The second-order valence-corrected chi connectivity index (χ2v) is 6.23. The van der Waals surface area contributed by atoms with E-state index in [2.05, 4.69) is 25.1 Å². The molecule has 2 aromatic carbocycles. The molecule has 13 heteroatoms. The third-order valence-electron chi connectivity index (χ3n) is 4.24. The summed E-state index contributed by atoms with van der Waals surface area (Å²) in [5.74, 6) is -0.530. The normalized spacial score (nSPS) is 11.5. The number of amidine groups is 1. The fourth-order valence-electron chi connectivity index (χ4n) is 2.62. The lowest BCUT2D eigenvalue weighted by Gasteiger charge is -2.11. The summed E-state index contributed by atoms with van der Waals surface area (Å²) in [6.07, 6.45) is 1.37. The van der Waals surface area contributed by atoms with E-state index in [0.717, 1.165) is 0 Å². The van der Waals surface area contributed by atoms with Gasteiger partial charge in [0.15, 0.2) is 28.8 Å². The number of esters is 1. The fourth-order valence-corrected chi connectivity index (χ4v) is 2.62. The van der Waals surface area contributed by atoms with Crippen LogP contribution in [0.25, 0.3) is 0 Å². The number of anilines is 1. The number of nitrogen functional groups attached to an aromatic ring is 1. The van der Waals surface area contributed by atoms with Gasteiger partial charge in [-0.3, -0.25) is 10.1 Å². The van der Waals surface area contributed by atoms with Crippen LogP contribution >= 0.6 is 0 Å². The Morgan fingerprint density at radius 1 is 1.25 bits per heavy atom. The molecule has 0 amide bonds. The predicted octanol–water partition coefficient (Wildman–Crippen LogP) is 1.84. The molecule has 4 N–H and O–H groups in total. The van der Waals surface area contributed by atoms with E-state index in [1.807, 2.05) is 0 Å². The summed E-state index contributed by atoms with van der Waals surface area (Å²) in [4.78, 5) is 23.1. The molecule has 0 atom stereocenters. The molecule has 1 aromatic heterocycles. The number of ether oxygens (including phenoxy) is 2. The van der Waals surface area contributed by atoms with Crippen LogP contribution in [-0.4, -0.2) is 40.4 Å². The van der Waals surface area contributed by atoms with E-state index in [1.54, 1.807) is 12.1 Å². The third kappa shape index (κ3) is 4.67. The fraction of sp³-hybridized carbons (Fsp3) is 0.105. The van der Waals surface area contributed by atoms with Crippen LogP contribution in [-0.2, 0) is 0 Å². The number of nitrogens with two attached hydrogens (primary N) is 2. The molecule has 0 aliphatic carbocycles. The van der Waals surface area contributed by atoms with Crippen LogP contribution in [0.3, 0.4) is 0 Å². The minimum Gasteiger partial charge on any atom is -0.493 e. The van der Waals surface area contributed by atoms with E-state index in [1.165, 1.54) is 44.5 Å². The summed E-state index contributed by atoms with van der Waals surface area (Å²) in [5, 5.41) is 25.6. The Labute approximate surface area is 180 Å². The number of methoxy groups -OCH3 is 1.